The summed E-state index contributed by atoms with van der Waals surface area (Å²) in [7, 11) is 0. The third-order valence-electron chi connectivity index (χ3n) is 4.26. The van der Waals surface area contributed by atoms with Gasteiger partial charge in [-0.05, 0) is 36.2 Å². The molecule has 0 saturated heterocycles. The lowest BCUT2D eigenvalue weighted by molar-refractivity contribution is -0.117. The molecule has 3 aromatic rings. The van der Waals surface area contributed by atoms with Gasteiger partial charge in [-0.1, -0.05) is 78.9 Å². The number of amides is 1. The van der Waals surface area contributed by atoms with E-state index in [9.17, 15) is 4.79 Å². The number of nitrogens with zero attached hydrogens (tertiary/aromatic N) is 1. The number of anilines is 1. The SMILES string of the molecule is O=C(CNCCc1ccccc1)N(Cc1ccccc1)c1ccccc1. The lowest BCUT2D eigenvalue weighted by Crippen LogP contribution is -2.38. The molecule has 0 radical (unpaired) electrons. The molecule has 132 valence electrons. The van der Waals surface area contributed by atoms with Gasteiger partial charge in [0.05, 0.1) is 13.1 Å². The molecule has 0 aromatic heterocycles. The summed E-state index contributed by atoms with van der Waals surface area (Å²) in [5.41, 5.74) is 3.32. The zero-order chi connectivity index (χ0) is 18.0. The van der Waals surface area contributed by atoms with Crippen LogP contribution < -0.4 is 10.2 Å². The molecule has 0 aliphatic rings. The molecular weight excluding hydrogens is 320 g/mol. The van der Waals surface area contributed by atoms with Crippen LogP contribution in [0.5, 0.6) is 0 Å². The molecule has 0 atom stereocenters. The van der Waals surface area contributed by atoms with Crippen LogP contribution in [0, 0.1) is 0 Å². The van der Waals surface area contributed by atoms with Crippen LogP contribution >= 0.6 is 0 Å². The van der Waals surface area contributed by atoms with Crippen LogP contribution in [-0.4, -0.2) is 19.0 Å². The van der Waals surface area contributed by atoms with Gasteiger partial charge < -0.3 is 10.2 Å². The van der Waals surface area contributed by atoms with Gasteiger partial charge in [0.15, 0.2) is 0 Å². The maximum Gasteiger partial charge on any atom is 0.241 e. The first kappa shape index (κ1) is 17.9. The van der Waals surface area contributed by atoms with Gasteiger partial charge in [-0.2, -0.15) is 0 Å². The summed E-state index contributed by atoms with van der Waals surface area (Å²) >= 11 is 0. The Morgan fingerprint density at radius 3 is 1.88 bits per heavy atom. The highest BCUT2D eigenvalue weighted by molar-refractivity contribution is 5.94. The lowest BCUT2D eigenvalue weighted by Gasteiger charge is -2.23. The fraction of sp³-hybridized carbons (Fsp3) is 0.174. The Morgan fingerprint density at radius 2 is 1.27 bits per heavy atom. The fourth-order valence-corrected chi connectivity index (χ4v) is 2.87. The largest absolute Gasteiger partial charge is 0.308 e. The highest BCUT2D eigenvalue weighted by Crippen LogP contribution is 2.17. The molecule has 3 heteroatoms. The van der Waals surface area contributed by atoms with Gasteiger partial charge in [0, 0.05) is 5.69 Å². The number of rotatable bonds is 8. The average molecular weight is 344 g/mol. The molecule has 0 bridgehead atoms. The Bertz CT molecular complexity index is 788. The van der Waals surface area contributed by atoms with Crippen molar-refractivity contribution in [1.29, 1.82) is 0 Å². The average Bonchev–Trinajstić information content (AvgIpc) is 2.71. The van der Waals surface area contributed by atoms with Crippen LogP contribution in [0.15, 0.2) is 91.0 Å². The topological polar surface area (TPSA) is 32.3 Å². The molecule has 26 heavy (non-hydrogen) atoms. The van der Waals surface area contributed by atoms with Gasteiger partial charge in [0.2, 0.25) is 5.91 Å². The minimum Gasteiger partial charge on any atom is -0.308 e. The minimum atomic E-state index is 0.0770. The van der Waals surface area contributed by atoms with E-state index in [2.05, 4.69) is 17.4 Å². The zero-order valence-corrected chi connectivity index (χ0v) is 14.8. The van der Waals surface area contributed by atoms with Crippen LogP contribution in [-0.2, 0) is 17.8 Å². The fourth-order valence-electron chi connectivity index (χ4n) is 2.87. The van der Waals surface area contributed by atoms with E-state index >= 15 is 0 Å². The van der Waals surface area contributed by atoms with E-state index in [0.717, 1.165) is 24.2 Å². The molecule has 0 fully saturated rings. The van der Waals surface area contributed by atoms with E-state index in [1.54, 1.807) is 0 Å². The quantitative estimate of drug-likeness (QED) is 0.625. The summed E-state index contributed by atoms with van der Waals surface area (Å²) in [5.74, 6) is 0.0770. The van der Waals surface area contributed by atoms with Gasteiger partial charge in [-0.15, -0.1) is 0 Å². The van der Waals surface area contributed by atoms with Crippen molar-refractivity contribution >= 4 is 11.6 Å². The van der Waals surface area contributed by atoms with E-state index in [-0.39, 0.29) is 5.91 Å². The number of para-hydroxylation sites is 1. The second kappa shape index (κ2) is 9.54. The number of carbonyl (C=O) groups excluding carboxylic acids is 1. The van der Waals surface area contributed by atoms with Gasteiger partial charge in [-0.3, -0.25) is 4.79 Å². The molecule has 3 nitrogen and oxygen atoms in total. The molecule has 3 rings (SSSR count). The smallest absolute Gasteiger partial charge is 0.241 e. The monoisotopic (exact) mass is 344 g/mol. The van der Waals surface area contributed by atoms with Crippen molar-refractivity contribution in [2.45, 2.75) is 13.0 Å². The van der Waals surface area contributed by atoms with Crippen LogP contribution in [0.4, 0.5) is 5.69 Å². The maximum atomic E-state index is 12.8. The molecule has 0 saturated carbocycles. The van der Waals surface area contributed by atoms with Gasteiger partial charge >= 0.3 is 0 Å². The van der Waals surface area contributed by atoms with Crippen LogP contribution in [0.3, 0.4) is 0 Å². The number of hydrogen-bond acceptors (Lipinski definition) is 2. The Labute approximate surface area is 155 Å². The minimum absolute atomic E-state index is 0.0770. The molecule has 1 amide bonds. The Morgan fingerprint density at radius 1 is 0.731 bits per heavy atom. The highest BCUT2D eigenvalue weighted by atomic mass is 16.2. The first-order chi connectivity index (χ1) is 12.8. The Kier molecular flexibility index (Phi) is 6.57. The predicted octanol–water partition coefficient (Wildman–Crippen LogP) is 4.05. The highest BCUT2D eigenvalue weighted by Gasteiger charge is 2.15. The van der Waals surface area contributed by atoms with Crippen molar-refractivity contribution in [3.8, 4) is 0 Å². The second-order valence-corrected chi connectivity index (χ2v) is 6.21. The lowest BCUT2D eigenvalue weighted by atomic mass is 10.1. The molecule has 3 aromatic carbocycles. The van der Waals surface area contributed by atoms with Crippen molar-refractivity contribution in [2.24, 2.45) is 0 Å². The molecule has 0 heterocycles. The van der Waals surface area contributed by atoms with Gasteiger partial charge in [-0.25, -0.2) is 0 Å². The number of hydrogen-bond donors (Lipinski definition) is 1. The third kappa shape index (κ3) is 5.30. The molecule has 0 aliphatic heterocycles. The van der Waals surface area contributed by atoms with Crippen molar-refractivity contribution < 1.29 is 4.79 Å². The van der Waals surface area contributed by atoms with E-state index in [0.29, 0.717) is 13.1 Å². The molecular formula is C23H24N2O. The van der Waals surface area contributed by atoms with Crippen molar-refractivity contribution in [3.63, 3.8) is 0 Å². The first-order valence-corrected chi connectivity index (χ1v) is 8.97. The van der Waals surface area contributed by atoms with Crippen LogP contribution in [0.1, 0.15) is 11.1 Å². The summed E-state index contributed by atoms with van der Waals surface area (Å²) in [5, 5.41) is 3.28. The second-order valence-electron chi connectivity index (χ2n) is 6.21. The van der Waals surface area contributed by atoms with Crippen molar-refractivity contribution in [1.82, 2.24) is 5.32 Å². The molecule has 0 aliphatic carbocycles. The van der Waals surface area contributed by atoms with Gasteiger partial charge in [0.25, 0.3) is 0 Å². The van der Waals surface area contributed by atoms with E-state index in [4.69, 9.17) is 0 Å². The summed E-state index contributed by atoms with van der Waals surface area (Å²) in [4.78, 5) is 14.7. The van der Waals surface area contributed by atoms with E-state index in [1.165, 1.54) is 5.56 Å². The van der Waals surface area contributed by atoms with Gasteiger partial charge in [0.1, 0.15) is 0 Å². The molecule has 1 N–H and O–H groups in total. The Hall–Kier alpha value is -2.91. The molecule has 0 spiro atoms. The van der Waals surface area contributed by atoms with Crippen LogP contribution in [0.25, 0.3) is 0 Å². The first-order valence-electron chi connectivity index (χ1n) is 8.97. The standard InChI is InChI=1S/C23H24N2O/c26-23(18-24-17-16-20-10-4-1-5-11-20)25(22-14-8-3-9-15-22)19-21-12-6-2-7-13-21/h1-15,24H,16-19H2. The summed E-state index contributed by atoms with van der Waals surface area (Å²) in [6, 6.07) is 30.2. The summed E-state index contributed by atoms with van der Waals surface area (Å²) in [6.07, 6.45) is 0.915. The van der Waals surface area contributed by atoms with Crippen molar-refractivity contribution in [3.05, 3.63) is 102 Å². The summed E-state index contributed by atoms with van der Waals surface area (Å²) in [6.45, 7) is 1.68. The van der Waals surface area contributed by atoms with Crippen molar-refractivity contribution in [2.75, 3.05) is 18.0 Å². The Balaban J connectivity index is 1.59. The van der Waals surface area contributed by atoms with Crippen LogP contribution in [0.2, 0.25) is 0 Å². The number of carbonyl (C=O) groups is 1. The van der Waals surface area contributed by atoms with E-state index in [1.807, 2.05) is 83.8 Å². The molecule has 0 unspecified atom stereocenters. The normalized spacial score (nSPS) is 10.5. The number of nitrogens with one attached hydrogen (secondary N) is 1. The summed E-state index contributed by atoms with van der Waals surface area (Å²) < 4.78 is 0. The van der Waals surface area contributed by atoms with E-state index < -0.39 is 0 Å². The zero-order valence-electron chi connectivity index (χ0n) is 14.8. The number of benzene rings is 3. The maximum absolute atomic E-state index is 12.8. The third-order valence-corrected chi connectivity index (χ3v) is 4.26. The predicted molar refractivity (Wildman–Crippen MR) is 107 cm³/mol.